The summed E-state index contributed by atoms with van der Waals surface area (Å²) < 4.78 is 1.86. The minimum absolute atomic E-state index is 0.0722. The molecule has 0 bridgehead atoms. The van der Waals surface area contributed by atoms with E-state index in [1.807, 2.05) is 22.9 Å². The van der Waals surface area contributed by atoms with Crippen LogP contribution in [0.5, 0.6) is 0 Å². The fourth-order valence-corrected chi connectivity index (χ4v) is 2.68. The zero-order valence-corrected chi connectivity index (χ0v) is 10.9. The monoisotopic (exact) mass is 278 g/mol. The summed E-state index contributed by atoms with van der Waals surface area (Å²) in [5.41, 5.74) is 4.97. The lowest BCUT2D eigenvalue weighted by Crippen LogP contribution is -1.94. The third kappa shape index (κ3) is 1.73. The summed E-state index contributed by atoms with van der Waals surface area (Å²) in [5, 5.41) is 19.1. The maximum atomic E-state index is 10.7. The molecule has 2 aromatic carbocycles. The Kier molecular flexibility index (Phi) is 2.38. The molecule has 0 amide bonds. The van der Waals surface area contributed by atoms with Gasteiger partial charge in [0.25, 0.3) is 5.69 Å². The van der Waals surface area contributed by atoms with E-state index in [1.165, 1.54) is 17.7 Å². The Morgan fingerprint density at radius 3 is 2.62 bits per heavy atom. The molecule has 4 rings (SSSR count). The van der Waals surface area contributed by atoms with Gasteiger partial charge in [-0.15, -0.1) is 5.10 Å². The number of fused-ring (bicyclic) bond motifs is 3. The van der Waals surface area contributed by atoms with Gasteiger partial charge in [-0.3, -0.25) is 10.1 Å². The predicted molar refractivity (Wildman–Crippen MR) is 76.7 cm³/mol. The number of aromatic nitrogens is 3. The van der Waals surface area contributed by atoms with Crippen molar-refractivity contribution in [3.8, 4) is 22.5 Å². The molecule has 0 unspecified atom stereocenters. The first-order valence-corrected chi connectivity index (χ1v) is 6.50. The molecule has 0 fully saturated rings. The van der Waals surface area contributed by atoms with Crippen LogP contribution in [-0.2, 0) is 6.54 Å². The third-order valence-corrected chi connectivity index (χ3v) is 3.68. The molecule has 1 aliphatic rings. The van der Waals surface area contributed by atoms with E-state index in [0.717, 1.165) is 22.5 Å². The first-order valence-electron chi connectivity index (χ1n) is 6.50. The molecule has 21 heavy (non-hydrogen) atoms. The Morgan fingerprint density at radius 2 is 1.86 bits per heavy atom. The van der Waals surface area contributed by atoms with E-state index in [2.05, 4.69) is 16.4 Å². The standard InChI is InChI=1S/C15H10N4O2/c20-19(21)12-7-5-10(6-8-12)14-15-13-4-2-1-3-11(13)9-18(15)17-16-14/h1-8H,9H2. The molecule has 0 spiro atoms. The molecule has 0 aliphatic carbocycles. The van der Waals surface area contributed by atoms with Gasteiger partial charge in [0, 0.05) is 23.3 Å². The lowest BCUT2D eigenvalue weighted by Gasteiger charge is -2.01. The fraction of sp³-hybridized carbons (Fsp3) is 0.0667. The Balaban J connectivity index is 1.84. The Hall–Kier alpha value is -3.02. The Morgan fingerprint density at radius 1 is 1.10 bits per heavy atom. The van der Waals surface area contributed by atoms with Crippen LogP contribution in [0.25, 0.3) is 22.5 Å². The van der Waals surface area contributed by atoms with E-state index in [9.17, 15) is 10.1 Å². The van der Waals surface area contributed by atoms with Crippen molar-refractivity contribution in [3.05, 3.63) is 64.2 Å². The maximum absolute atomic E-state index is 10.7. The van der Waals surface area contributed by atoms with Gasteiger partial charge in [-0.2, -0.15) is 0 Å². The Labute approximate surface area is 119 Å². The van der Waals surface area contributed by atoms with Crippen molar-refractivity contribution in [2.75, 3.05) is 0 Å². The average molecular weight is 278 g/mol. The van der Waals surface area contributed by atoms with Gasteiger partial charge in [0.1, 0.15) is 5.69 Å². The first-order chi connectivity index (χ1) is 10.2. The van der Waals surface area contributed by atoms with Crippen LogP contribution < -0.4 is 0 Å². The van der Waals surface area contributed by atoms with E-state index in [0.29, 0.717) is 6.54 Å². The largest absolute Gasteiger partial charge is 0.269 e. The summed E-state index contributed by atoms with van der Waals surface area (Å²) in [4.78, 5) is 10.3. The molecule has 0 radical (unpaired) electrons. The molecule has 0 N–H and O–H groups in total. The summed E-state index contributed by atoms with van der Waals surface area (Å²) in [6.07, 6.45) is 0. The van der Waals surface area contributed by atoms with Crippen LogP contribution in [0.15, 0.2) is 48.5 Å². The van der Waals surface area contributed by atoms with Gasteiger partial charge in [-0.25, -0.2) is 4.68 Å². The molecular formula is C15H10N4O2. The van der Waals surface area contributed by atoms with Crippen LogP contribution in [0.1, 0.15) is 5.56 Å². The molecule has 0 saturated heterocycles. The number of nitro benzene ring substituents is 1. The first kappa shape index (κ1) is 11.8. The zero-order valence-electron chi connectivity index (χ0n) is 10.9. The van der Waals surface area contributed by atoms with E-state index >= 15 is 0 Å². The van der Waals surface area contributed by atoms with Crippen molar-refractivity contribution in [2.24, 2.45) is 0 Å². The van der Waals surface area contributed by atoms with Gasteiger partial charge >= 0.3 is 0 Å². The summed E-state index contributed by atoms with van der Waals surface area (Å²) in [5.74, 6) is 0. The normalized spacial score (nSPS) is 12.0. The third-order valence-electron chi connectivity index (χ3n) is 3.68. The second kappa shape index (κ2) is 4.24. The highest BCUT2D eigenvalue weighted by molar-refractivity contribution is 5.81. The average Bonchev–Trinajstić information content (AvgIpc) is 3.06. The van der Waals surface area contributed by atoms with Crippen molar-refractivity contribution in [3.63, 3.8) is 0 Å². The fourth-order valence-electron chi connectivity index (χ4n) is 2.68. The molecule has 6 nitrogen and oxygen atoms in total. The molecule has 3 aromatic rings. The van der Waals surface area contributed by atoms with Gasteiger partial charge in [0.15, 0.2) is 0 Å². The second-order valence-corrected chi connectivity index (χ2v) is 4.91. The molecule has 1 aromatic heterocycles. The molecule has 0 saturated carbocycles. The highest BCUT2D eigenvalue weighted by Crippen LogP contribution is 2.37. The van der Waals surface area contributed by atoms with Crippen LogP contribution in [0.2, 0.25) is 0 Å². The minimum atomic E-state index is -0.408. The number of non-ortho nitro benzene ring substituents is 1. The van der Waals surface area contributed by atoms with Crippen molar-refractivity contribution in [1.29, 1.82) is 0 Å². The summed E-state index contributed by atoms with van der Waals surface area (Å²) in [7, 11) is 0. The van der Waals surface area contributed by atoms with E-state index in [4.69, 9.17) is 0 Å². The van der Waals surface area contributed by atoms with Gasteiger partial charge < -0.3 is 0 Å². The van der Waals surface area contributed by atoms with Crippen molar-refractivity contribution in [2.45, 2.75) is 6.54 Å². The molecule has 2 heterocycles. The van der Waals surface area contributed by atoms with Gasteiger partial charge in [0.2, 0.25) is 0 Å². The second-order valence-electron chi connectivity index (χ2n) is 4.91. The summed E-state index contributed by atoms with van der Waals surface area (Å²) in [6, 6.07) is 14.5. The minimum Gasteiger partial charge on any atom is -0.258 e. The molecule has 0 atom stereocenters. The molecular weight excluding hydrogens is 268 g/mol. The smallest absolute Gasteiger partial charge is 0.258 e. The summed E-state index contributed by atoms with van der Waals surface area (Å²) >= 11 is 0. The number of benzene rings is 2. The van der Waals surface area contributed by atoms with Crippen molar-refractivity contribution < 1.29 is 4.92 Å². The van der Waals surface area contributed by atoms with Crippen LogP contribution >= 0.6 is 0 Å². The number of nitro groups is 1. The Bertz CT molecular complexity index is 852. The molecule has 1 aliphatic heterocycles. The number of rotatable bonds is 2. The molecule has 6 heteroatoms. The van der Waals surface area contributed by atoms with Crippen LogP contribution in [0.3, 0.4) is 0 Å². The van der Waals surface area contributed by atoms with E-state index in [1.54, 1.807) is 12.1 Å². The van der Waals surface area contributed by atoms with Gasteiger partial charge in [-0.05, 0) is 17.7 Å². The number of nitrogens with zero attached hydrogens (tertiary/aromatic N) is 4. The lowest BCUT2D eigenvalue weighted by molar-refractivity contribution is -0.384. The number of hydrogen-bond acceptors (Lipinski definition) is 4. The van der Waals surface area contributed by atoms with Crippen LogP contribution in [0.4, 0.5) is 5.69 Å². The van der Waals surface area contributed by atoms with Crippen molar-refractivity contribution >= 4 is 5.69 Å². The highest BCUT2D eigenvalue weighted by atomic mass is 16.6. The van der Waals surface area contributed by atoms with Crippen LogP contribution in [-0.4, -0.2) is 19.9 Å². The predicted octanol–water partition coefficient (Wildman–Crippen LogP) is 2.88. The maximum Gasteiger partial charge on any atom is 0.269 e. The lowest BCUT2D eigenvalue weighted by atomic mass is 10.0. The van der Waals surface area contributed by atoms with E-state index < -0.39 is 4.92 Å². The van der Waals surface area contributed by atoms with Crippen molar-refractivity contribution in [1.82, 2.24) is 15.0 Å². The highest BCUT2D eigenvalue weighted by Gasteiger charge is 2.24. The SMILES string of the molecule is O=[N+]([O-])c1ccc(-c2nnn3c2-c2ccccc2C3)cc1. The van der Waals surface area contributed by atoms with Gasteiger partial charge in [-0.1, -0.05) is 29.5 Å². The zero-order chi connectivity index (χ0) is 14.4. The topological polar surface area (TPSA) is 73.8 Å². The summed E-state index contributed by atoms with van der Waals surface area (Å²) in [6.45, 7) is 0.714. The quantitative estimate of drug-likeness (QED) is 0.417. The van der Waals surface area contributed by atoms with Crippen LogP contribution in [0, 0.1) is 10.1 Å². The van der Waals surface area contributed by atoms with Gasteiger partial charge in [0.05, 0.1) is 17.2 Å². The molecule has 102 valence electrons. The van der Waals surface area contributed by atoms with E-state index in [-0.39, 0.29) is 5.69 Å². The number of hydrogen-bond donors (Lipinski definition) is 0.